The van der Waals surface area contributed by atoms with E-state index >= 15 is 0 Å². The van der Waals surface area contributed by atoms with Gasteiger partial charge in [0, 0.05) is 0 Å². The SMILES string of the molecule is [C-]#[N+]/C(C)=C(\C)COCc1ccccc1. The average Bonchev–Trinajstić information content (AvgIpc) is 2.29. The number of ether oxygens (including phenoxy) is 1. The molecule has 0 aromatic heterocycles. The Morgan fingerprint density at radius 1 is 1.27 bits per heavy atom. The number of hydrogen-bond acceptors (Lipinski definition) is 1. The van der Waals surface area contributed by atoms with Crippen molar-refractivity contribution in [3.05, 3.63) is 58.6 Å². The van der Waals surface area contributed by atoms with Crippen molar-refractivity contribution in [2.24, 2.45) is 0 Å². The van der Waals surface area contributed by atoms with E-state index in [-0.39, 0.29) is 0 Å². The van der Waals surface area contributed by atoms with Gasteiger partial charge in [0.05, 0.1) is 19.8 Å². The largest absolute Gasteiger partial charge is 0.374 e. The molecule has 2 heteroatoms. The minimum Gasteiger partial charge on any atom is -0.374 e. The molecular weight excluding hydrogens is 186 g/mol. The number of benzene rings is 1. The van der Waals surface area contributed by atoms with Crippen LogP contribution in [0, 0.1) is 6.57 Å². The van der Waals surface area contributed by atoms with Gasteiger partial charge >= 0.3 is 0 Å². The standard InChI is InChI=1S/C13H15NO/c1-11(12(2)14-3)9-15-10-13-7-5-4-6-8-13/h4-8H,9-10H2,1-2H3/b12-11+. The quantitative estimate of drug-likeness (QED) is 0.680. The summed E-state index contributed by atoms with van der Waals surface area (Å²) < 4.78 is 5.50. The zero-order valence-corrected chi connectivity index (χ0v) is 9.16. The Labute approximate surface area is 91.0 Å². The molecule has 0 saturated carbocycles. The van der Waals surface area contributed by atoms with E-state index in [1.54, 1.807) is 0 Å². The lowest BCUT2D eigenvalue weighted by Crippen LogP contribution is -1.97. The maximum atomic E-state index is 6.85. The van der Waals surface area contributed by atoms with Crippen LogP contribution >= 0.6 is 0 Å². The Kier molecular flexibility index (Phi) is 4.59. The summed E-state index contributed by atoms with van der Waals surface area (Å²) in [6.45, 7) is 11.7. The summed E-state index contributed by atoms with van der Waals surface area (Å²) in [5, 5.41) is 0. The van der Waals surface area contributed by atoms with E-state index in [2.05, 4.69) is 4.85 Å². The minimum absolute atomic E-state index is 0.531. The van der Waals surface area contributed by atoms with E-state index in [0.717, 1.165) is 16.8 Å². The van der Waals surface area contributed by atoms with Gasteiger partial charge in [0.1, 0.15) is 0 Å². The molecule has 0 heterocycles. The summed E-state index contributed by atoms with van der Waals surface area (Å²) in [5.74, 6) is 0. The Bertz CT molecular complexity index is 373. The van der Waals surface area contributed by atoms with Gasteiger partial charge in [-0.1, -0.05) is 37.3 Å². The van der Waals surface area contributed by atoms with Gasteiger partial charge in [-0.2, -0.15) is 0 Å². The van der Waals surface area contributed by atoms with Gasteiger partial charge in [0.15, 0.2) is 5.70 Å². The molecule has 0 bridgehead atoms. The van der Waals surface area contributed by atoms with Crippen LogP contribution in [-0.2, 0) is 11.3 Å². The fourth-order valence-electron chi connectivity index (χ4n) is 1.10. The molecular formula is C13H15NO. The highest BCUT2D eigenvalue weighted by atomic mass is 16.5. The molecule has 1 aromatic rings. The second kappa shape index (κ2) is 6.00. The highest BCUT2D eigenvalue weighted by Crippen LogP contribution is 2.07. The van der Waals surface area contributed by atoms with E-state index in [9.17, 15) is 0 Å². The van der Waals surface area contributed by atoms with Crippen molar-refractivity contribution >= 4 is 0 Å². The minimum atomic E-state index is 0.531. The van der Waals surface area contributed by atoms with Crippen molar-refractivity contribution in [1.82, 2.24) is 0 Å². The number of nitrogens with zero attached hydrogens (tertiary/aromatic N) is 1. The maximum absolute atomic E-state index is 6.85. The number of allylic oxidation sites excluding steroid dienone is 1. The summed E-state index contributed by atoms with van der Waals surface area (Å²) in [5.41, 5.74) is 2.88. The molecule has 0 atom stereocenters. The molecule has 1 aromatic carbocycles. The van der Waals surface area contributed by atoms with Gasteiger partial charge in [-0.15, -0.1) is 0 Å². The van der Waals surface area contributed by atoms with Crippen molar-refractivity contribution < 1.29 is 4.74 Å². The van der Waals surface area contributed by atoms with Crippen LogP contribution in [0.2, 0.25) is 0 Å². The summed E-state index contributed by atoms with van der Waals surface area (Å²) in [6, 6.07) is 10.0. The van der Waals surface area contributed by atoms with Gasteiger partial charge in [-0.25, -0.2) is 4.85 Å². The first kappa shape index (κ1) is 11.5. The van der Waals surface area contributed by atoms with E-state index in [4.69, 9.17) is 11.3 Å². The molecule has 0 aliphatic rings. The smallest absolute Gasteiger partial charge is 0.163 e. The summed E-state index contributed by atoms with van der Waals surface area (Å²) >= 11 is 0. The van der Waals surface area contributed by atoms with Crippen LogP contribution in [-0.4, -0.2) is 6.61 Å². The fourth-order valence-corrected chi connectivity index (χ4v) is 1.10. The molecule has 0 aliphatic heterocycles. The first-order valence-electron chi connectivity index (χ1n) is 4.89. The molecule has 0 N–H and O–H groups in total. The van der Waals surface area contributed by atoms with Gasteiger partial charge in [0.25, 0.3) is 0 Å². The lowest BCUT2D eigenvalue weighted by molar-refractivity contribution is 0.142. The second-order valence-corrected chi connectivity index (χ2v) is 3.46. The Morgan fingerprint density at radius 2 is 1.93 bits per heavy atom. The van der Waals surface area contributed by atoms with Crippen LogP contribution in [0.4, 0.5) is 0 Å². The van der Waals surface area contributed by atoms with Crippen LogP contribution in [0.1, 0.15) is 19.4 Å². The Balaban J connectivity index is 2.38. The summed E-state index contributed by atoms with van der Waals surface area (Å²) in [6.07, 6.45) is 0. The van der Waals surface area contributed by atoms with E-state index < -0.39 is 0 Å². The van der Waals surface area contributed by atoms with Crippen molar-refractivity contribution in [3.63, 3.8) is 0 Å². The highest BCUT2D eigenvalue weighted by molar-refractivity contribution is 5.16. The van der Waals surface area contributed by atoms with Gasteiger partial charge in [0.2, 0.25) is 0 Å². The Morgan fingerprint density at radius 3 is 2.53 bits per heavy atom. The van der Waals surface area contributed by atoms with Gasteiger partial charge < -0.3 is 4.74 Å². The molecule has 2 nitrogen and oxygen atoms in total. The van der Waals surface area contributed by atoms with Crippen LogP contribution in [0.15, 0.2) is 41.6 Å². The maximum Gasteiger partial charge on any atom is 0.163 e. The van der Waals surface area contributed by atoms with E-state index in [0.29, 0.717) is 13.2 Å². The zero-order chi connectivity index (χ0) is 11.1. The molecule has 1 rings (SSSR count). The lowest BCUT2D eigenvalue weighted by atomic mass is 10.2. The average molecular weight is 201 g/mol. The predicted molar refractivity (Wildman–Crippen MR) is 61.1 cm³/mol. The normalized spacial score (nSPS) is 11.8. The predicted octanol–water partition coefficient (Wildman–Crippen LogP) is 3.42. The van der Waals surface area contributed by atoms with Crippen molar-refractivity contribution in [2.45, 2.75) is 20.5 Å². The first-order chi connectivity index (χ1) is 7.24. The van der Waals surface area contributed by atoms with E-state index in [1.807, 2.05) is 44.2 Å². The second-order valence-electron chi connectivity index (χ2n) is 3.46. The zero-order valence-electron chi connectivity index (χ0n) is 9.16. The van der Waals surface area contributed by atoms with Crippen LogP contribution in [0.3, 0.4) is 0 Å². The molecule has 0 unspecified atom stereocenters. The van der Waals surface area contributed by atoms with Gasteiger partial charge in [-0.3, -0.25) is 0 Å². The number of rotatable bonds is 4. The topological polar surface area (TPSA) is 13.6 Å². The van der Waals surface area contributed by atoms with Crippen LogP contribution in [0.25, 0.3) is 4.85 Å². The fraction of sp³-hybridized carbons (Fsp3) is 0.308. The highest BCUT2D eigenvalue weighted by Gasteiger charge is 1.97. The van der Waals surface area contributed by atoms with Crippen LogP contribution < -0.4 is 0 Å². The lowest BCUT2D eigenvalue weighted by Gasteiger charge is -2.05. The van der Waals surface area contributed by atoms with Crippen LogP contribution in [0.5, 0.6) is 0 Å². The molecule has 0 saturated heterocycles. The molecule has 0 fully saturated rings. The van der Waals surface area contributed by atoms with Crippen molar-refractivity contribution in [3.8, 4) is 0 Å². The molecule has 15 heavy (non-hydrogen) atoms. The molecule has 0 radical (unpaired) electrons. The van der Waals surface area contributed by atoms with Gasteiger partial charge in [-0.05, 0) is 18.1 Å². The van der Waals surface area contributed by atoms with E-state index in [1.165, 1.54) is 0 Å². The van der Waals surface area contributed by atoms with Crippen molar-refractivity contribution in [2.75, 3.05) is 6.61 Å². The molecule has 0 aliphatic carbocycles. The summed E-state index contributed by atoms with van der Waals surface area (Å²) in [7, 11) is 0. The molecule has 78 valence electrons. The first-order valence-corrected chi connectivity index (χ1v) is 4.89. The third-order valence-electron chi connectivity index (χ3n) is 2.22. The Hall–Kier alpha value is -1.59. The third-order valence-corrected chi connectivity index (χ3v) is 2.22. The molecule has 0 amide bonds. The number of hydrogen-bond donors (Lipinski definition) is 0. The van der Waals surface area contributed by atoms with Crippen molar-refractivity contribution in [1.29, 1.82) is 0 Å². The third kappa shape index (κ3) is 3.97. The monoisotopic (exact) mass is 201 g/mol. The molecule has 0 spiro atoms. The summed E-state index contributed by atoms with van der Waals surface area (Å²) in [4.78, 5) is 3.36.